The summed E-state index contributed by atoms with van der Waals surface area (Å²) >= 11 is 0. The first-order chi connectivity index (χ1) is 8.35. The van der Waals surface area contributed by atoms with Crippen molar-refractivity contribution in [2.45, 2.75) is 38.1 Å². The molecular formula is C11H20N2O3Si. The quantitative estimate of drug-likeness (QED) is 0.241. The lowest BCUT2D eigenvalue weighted by Gasteiger charge is -2.14. The van der Waals surface area contributed by atoms with Crippen LogP contribution in [0, 0.1) is 0 Å². The van der Waals surface area contributed by atoms with E-state index in [1.54, 1.807) is 12.2 Å². The lowest BCUT2D eigenvalue weighted by Crippen LogP contribution is -2.09. The molecule has 0 aromatic carbocycles. The van der Waals surface area contributed by atoms with E-state index in [0.29, 0.717) is 18.6 Å². The third-order valence-electron chi connectivity index (χ3n) is 2.45. The zero-order valence-corrected chi connectivity index (χ0v) is 11.8. The number of carbonyl (C=O) groups excluding carboxylic acids is 2. The van der Waals surface area contributed by atoms with Crippen molar-refractivity contribution >= 4 is 21.9 Å². The standard InChI is InChI=1S/C11H20N2O3Si/c1-2-16-17-11(5-3-7-12-9-14)6-4-8-13-10-15/h11H,2-8,17H2,1H3. The molecule has 0 aromatic heterocycles. The number of hydrogen-bond donors (Lipinski definition) is 0. The van der Waals surface area contributed by atoms with Crippen molar-refractivity contribution < 1.29 is 14.0 Å². The fourth-order valence-corrected chi connectivity index (χ4v) is 3.08. The number of hydrogen-bond acceptors (Lipinski definition) is 5. The molecule has 0 aliphatic carbocycles. The van der Waals surface area contributed by atoms with Crippen molar-refractivity contribution in [1.82, 2.24) is 0 Å². The summed E-state index contributed by atoms with van der Waals surface area (Å²) in [4.78, 5) is 26.9. The molecule has 0 heterocycles. The minimum absolute atomic E-state index is 0.524. The molecule has 5 nitrogen and oxygen atoms in total. The van der Waals surface area contributed by atoms with Gasteiger partial charge in [-0.15, -0.1) is 0 Å². The van der Waals surface area contributed by atoms with E-state index >= 15 is 0 Å². The second kappa shape index (κ2) is 13.0. The maximum absolute atomic E-state index is 9.91. The summed E-state index contributed by atoms with van der Waals surface area (Å²) in [6, 6.07) is 0. The molecule has 17 heavy (non-hydrogen) atoms. The van der Waals surface area contributed by atoms with E-state index in [-0.39, 0.29) is 0 Å². The van der Waals surface area contributed by atoms with Crippen LogP contribution in [0.25, 0.3) is 0 Å². The van der Waals surface area contributed by atoms with Crippen LogP contribution in [0.2, 0.25) is 5.54 Å². The first-order valence-electron chi connectivity index (χ1n) is 6.00. The summed E-state index contributed by atoms with van der Waals surface area (Å²) in [6.45, 7) is 3.86. The van der Waals surface area contributed by atoms with Gasteiger partial charge < -0.3 is 4.43 Å². The summed E-state index contributed by atoms with van der Waals surface area (Å²) in [5.41, 5.74) is 0.582. The molecule has 0 unspecified atom stereocenters. The van der Waals surface area contributed by atoms with E-state index in [4.69, 9.17) is 4.43 Å². The summed E-state index contributed by atoms with van der Waals surface area (Å²) in [7, 11) is -0.524. The molecule has 0 aliphatic heterocycles. The van der Waals surface area contributed by atoms with Gasteiger partial charge >= 0.3 is 0 Å². The van der Waals surface area contributed by atoms with Crippen LogP contribution in [0.4, 0.5) is 0 Å². The topological polar surface area (TPSA) is 68.1 Å². The SMILES string of the molecule is CCO[SiH2]C(CCCN=C=O)CCCN=C=O. The Morgan fingerprint density at radius 1 is 1.12 bits per heavy atom. The lowest BCUT2D eigenvalue weighted by atomic mass is 10.1. The van der Waals surface area contributed by atoms with E-state index in [0.717, 1.165) is 32.3 Å². The number of nitrogens with zero attached hydrogens (tertiary/aromatic N) is 2. The van der Waals surface area contributed by atoms with Crippen LogP contribution < -0.4 is 0 Å². The van der Waals surface area contributed by atoms with Gasteiger partial charge in [-0.1, -0.05) is 0 Å². The van der Waals surface area contributed by atoms with E-state index in [1.165, 1.54) is 0 Å². The fourth-order valence-electron chi connectivity index (χ4n) is 1.60. The van der Waals surface area contributed by atoms with Gasteiger partial charge in [-0.2, -0.15) is 0 Å². The van der Waals surface area contributed by atoms with Crippen molar-refractivity contribution in [2.75, 3.05) is 19.7 Å². The zero-order chi connectivity index (χ0) is 12.8. The fraction of sp³-hybridized carbons (Fsp3) is 0.818. The average Bonchev–Trinajstić information content (AvgIpc) is 2.35. The second-order valence-electron chi connectivity index (χ2n) is 3.76. The Bertz CT molecular complexity index is 250. The van der Waals surface area contributed by atoms with E-state index in [1.807, 2.05) is 6.92 Å². The largest absolute Gasteiger partial charge is 0.424 e. The summed E-state index contributed by atoms with van der Waals surface area (Å²) in [5.74, 6) is 0. The van der Waals surface area contributed by atoms with Crippen molar-refractivity contribution in [3.05, 3.63) is 0 Å². The molecule has 0 saturated carbocycles. The summed E-state index contributed by atoms with van der Waals surface area (Å²) in [6.07, 6.45) is 6.94. The van der Waals surface area contributed by atoms with Crippen LogP contribution in [-0.2, 0) is 14.0 Å². The molecule has 96 valence electrons. The minimum atomic E-state index is -0.524. The van der Waals surface area contributed by atoms with Gasteiger partial charge in [0.1, 0.15) is 0 Å². The molecule has 0 amide bonds. The molecule has 0 bridgehead atoms. The van der Waals surface area contributed by atoms with Crippen molar-refractivity contribution in [1.29, 1.82) is 0 Å². The molecule has 0 aliphatic rings. The Hall–Kier alpha value is -1.06. The molecule has 0 atom stereocenters. The normalized spacial score (nSPS) is 12.1. The molecule has 0 rings (SSSR count). The predicted octanol–water partition coefficient (Wildman–Crippen LogP) is 1.13. The number of aliphatic imine (C=N–C) groups is 2. The highest BCUT2D eigenvalue weighted by Gasteiger charge is 2.09. The Kier molecular flexibility index (Phi) is 12.2. The first kappa shape index (κ1) is 15.9. The second-order valence-corrected chi connectivity index (χ2v) is 5.65. The van der Waals surface area contributed by atoms with Crippen LogP contribution >= 0.6 is 0 Å². The third-order valence-corrected chi connectivity index (χ3v) is 4.38. The van der Waals surface area contributed by atoms with Crippen molar-refractivity contribution in [3.63, 3.8) is 0 Å². The average molecular weight is 256 g/mol. The molecule has 0 fully saturated rings. The Balaban J connectivity index is 3.77. The number of rotatable bonds is 11. The van der Waals surface area contributed by atoms with Gasteiger partial charge in [0.15, 0.2) is 9.76 Å². The van der Waals surface area contributed by atoms with Gasteiger partial charge in [-0.3, -0.25) is 0 Å². The Labute approximate surface area is 104 Å². The van der Waals surface area contributed by atoms with Gasteiger partial charge in [0.25, 0.3) is 0 Å². The van der Waals surface area contributed by atoms with E-state index < -0.39 is 9.76 Å². The van der Waals surface area contributed by atoms with Gasteiger partial charge in [0.05, 0.1) is 13.1 Å². The molecule has 6 heteroatoms. The molecule has 0 aromatic rings. The monoisotopic (exact) mass is 256 g/mol. The molecule has 0 saturated heterocycles. The summed E-state index contributed by atoms with van der Waals surface area (Å²) in [5, 5.41) is 0. The van der Waals surface area contributed by atoms with Gasteiger partial charge in [0, 0.05) is 6.61 Å². The van der Waals surface area contributed by atoms with E-state index in [2.05, 4.69) is 9.98 Å². The maximum Gasteiger partial charge on any atom is 0.234 e. The first-order valence-corrected chi connectivity index (χ1v) is 7.39. The van der Waals surface area contributed by atoms with Gasteiger partial charge in [0.2, 0.25) is 12.2 Å². The van der Waals surface area contributed by atoms with Crippen LogP contribution in [0.1, 0.15) is 32.6 Å². The highest BCUT2D eigenvalue weighted by Crippen LogP contribution is 2.19. The highest BCUT2D eigenvalue weighted by molar-refractivity contribution is 6.29. The minimum Gasteiger partial charge on any atom is -0.424 e. The predicted molar refractivity (Wildman–Crippen MR) is 68.4 cm³/mol. The van der Waals surface area contributed by atoms with Gasteiger partial charge in [-0.25, -0.2) is 19.6 Å². The molecule has 0 N–H and O–H groups in total. The molecule has 0 radical (unpaired) electrons. The van der Waals surface area contributed by atoms with E-state index in [9.17, 15) is 9.59 Å². The van der Waals surface area contributed by atoms with Crippen LogP contribution in [0.15, 0.2) is 9.98 Å². The zero-order valence-electron chi connectivity index (χ0n) is 10.4. The molecule has 0 spiro atoms. The highest BCUT2D eigenvalue weighted by atomic mass is 28.2. The van der Waals surface area contributed by atoms with Crippen LogP contribution in [-0.4, -0.2) is 41.6 Å². The smallest absolute Gasteiger partial charge is 0.234 e. The van der Waals surface area contributed by atoms with Crippen LogP contribution in [0.5, 0.6) is 0 Å². The Morgan fingerprint density at radius 2 is 1.65 bits per heavy atom. The Morgan fingerprint density at radius 3 is 2.06 bits per heavy atom. The maximum atomic E-state index is 9.91. The van der Waals surface area contributed by atoms with Crippen LogP contribution in [0.3, 0.4) is 0 Å². The molecular weight excluding hydrogens is 236 g/mol. The van der Waals surface area contributed by atoms with Crippen molar-refractivity contribution in [3.8, 4) is 0 Å². The summed E-state index contributed by atoms with van der Waals surface area (Å²) < 4.78 is 5.53. The van der Waals surface area contributed by atoms with Gasteiger partial charge in [-0.05, 0) is 38.1 Å². The lowest BCUT2D eigenvalue weighted by molar-refractivity contribution is 0.347. The third kappa shape index (κ3) is 11.2. The number of isocyanates is 2. The van der Waals surface area contributed by atoms with Crippen molar-refractivity contribution in [2.24, 2.45) is 9.98 Å².